The molecule has 6 heteroatoms. The van der Waals surface area contributed by atoms with Crippen LogP contribution in [0.1, 0.15) is 36.1 Å². The molecule has 0 atom stereocenters. The molecule has 2 aliphatic rings. The van der Waals surface area contributed by atoms with Crippen LogP contribution >= 0.6 is 11.6 Å². The smallest absolute Gasteiger partial charge is 0.246 e. The molecule has 1 aliphatic heterocycles. The van der Waals surface area contributed by atoms with Gasteiger partial charge in [-0.1, -0.05) is 28.9 Å². The molecule has 2 heterocycles. The van der Waals surface area contributed by atoms with Crippen LogP contribution in [0.3, 0.4) is 0 Å². The van der Waals surface area contributed by atoms with Gasteiger partial charge in [-0.25, -0.2) is 4.68 Å². The fourth-order valence-corrected chi connectivity index (χ4v) is 2.81. The van der Waals surface area contributed by atoms with Crippen LogP contribution < -0.4 is 0 Å². The highest BCUT2D eigenvalue weighted by Gasteiger charge is 2.33. The molecule has 0 bridgehead atoms. The fraction of sp³-hybridized carbons (Fsp3) is 0.353. The molecule has 2 fully saturated rings. The molecule has 0 radical (unpaired) electrons. The Bertz CT molecular complexity index is 742. The van der Waals surface area contributed by atoms with Crippen molar-refractivity contribution < 1.29 is 4.79 Å². The lowest BCUT2D eigenvalue weighted by Gasteiger charge is -2.38. The molecule has 5 nitrogen and oxygen atoms in total. The number of amides is 1. The molecule has 1 aliphatic carbocycles. The summed E-state index contributed by atoms with van der Waals surface area (Å²) in [6, 6.07) is 7.66. The first kappa shape index (κ1) is 14.5. The Morgan fingerprint density at radius 1 is 1.22 bits per heavy atom. The van der Waals surface area contributed by atoms with Gasteiger partial charge in [0.15, 0.2) is 0 Å². The Morgan fingerprint density at radius 2 is 1.96 bits per heavy atom. The highest BCUT2D eigenvalue weighted by Crippen LogP contribution is 2.39. The minimum absolute atomic E-state index is 0.0266. The number of benzene rings is 1. The first-order chi connectivity index (χ1) is 11.2. The number of carbonyl (C=O) groups excluding carboxylic acids is 1. The molecule has 1 aromatic heterocycles. The number of hydrogen-bond acceptors (Lipinski definition) is 3. The topological polar surface area (TPSA) is 51.0 Å². The lowest BCUT2D eigenvalue weighted by Crippen LogP contribution is -2.50. The molecular formula is C17H17ClN4O. The van der Waals surface area contributed by atoms with Gasteiger partial charge in [-0.2, -0.15) is 0 Å². The number of rotatable bonds is 4. The number of halogens is 1. The van der Waals surface area contributed by atoms with E-state index in [0.29, 0.717) is 24.0 Å². The van der Waals surface area contributed by atoms with E-state index in [-0.39, 0.29) is 11.9 Å². The second-order valence-corrected chi connectivity index (χ2v) is 6.62. The number of hydrogen-bond donors (Lipinski definition) is 0. The van der Waals surface area contributed by atoms with Crippen molar-refractivity contribution in [2.75, 3.05) is 13.1 Å². The predicted molar refractivity (Wildman–Crippen MR) is 88.1 cm³/mol. The number of carbonyl (C=O) groups is 1. The van der Waals surface area contributed by atoms with Crippen LogP contribution in [0.5, 0.6) is 0 Å². The van der Waals surface area contributed by atoms with E-state index in [0.717, 1.165) is 11.3 Å². The maximum atomic E-state index is 12.1. The van der Waals surface area contributed by atoms with Gasteiger partial charge in [0.2, 0.25) is 5.91 Å². The molecule has 118 valence electrons. The summed E-state index contributed by atoms with van der Waals surface area (Å²) in [6.45, 7) is 1.38. The molecule has 0 unspecified atom stereocenters. The monoisotopic (exact) mass is 328 g/mol. The van der Waals surface area contributed by atoms with Crippen LogP contribution in [0.4, 0.5) is 0 Å². The van der Waals surface area contributed by atoms with E-state index in [4.69, 9.17) is 11.6 Å². The van der Waals surface area contributed by atoms with Crippen LogP contribution in [0.2, 0.25) is 5.02 Å². The summed E-state index contributed by atoms with van der Waals surface area (Å²) in [5, 5.41) is 9.10. The molecule has 1 saturated heterocycles. The molecule has 0 spiro atoms. The quantitative estimate of drug-likeness (QED) is 0.811. The van der Waals surface area contributed by atoms with E-state index in [9.17, 15) is 4.79 Å². The third-order valence-electron chi connectivity index (χ3n) is 4.36. The van der Waals surface area contributed by atoms with Crippen molar-refractivity contribution in [3.8, 4) is 0 Å². The molecule has 1 aromatic carbocycles. The van der Waals surface area contributed by atoms with Gasteiger partial charge >= 0.3 is 0 Å². The van der Waals surface area contributed by atoms with Gasteiger partial charge < -0.3 is 4.90 Å². The normalized spacial score (nSPS) is 18.4. The third-order valence-corrected chi connectivity index (χ3v) is 4.61. The van der Waals surface area contributed by atoms with Gasteiger partial charge in [0.25, 0.3) is 0 Å². The first-order valence-corrected chi connectivity index (χ1v) is 8.21. The van der Waals surface area contributed by atoms with Crippen molar-refractivity contribution in [2.45, 2.75) is 24.8 Å². The molecular weight excluding hydrogens is 312 g/mol. The highest BCUT2D eigenvalue weighted by molar-refractivity contribution is 6.30. The second kappa shape index (κ2) is 5.81. The average molecular weight is 329 g/mol. The van der Waals surface area contributed by atoms with Crippen molar-refractivity contribution in [3.05, 3.63) is 52.8 Å². The van der Waals surface area contributed by atoms with Crippen LogP contribution in [-0.4, -0.2) is 38.9 Å². The largest absolute Gasteiger partial charge is 0.335 e. The zero-order valence-corrected chi connectivity index (χ0v) is 13.4. The van der Waals surface area contributed by atoms with Crippen LogP contribution in [0, 0.1) is 0 Å². The lowest BCUT2D eigenvalue weighted by molar-refractivity contribution is -0.131. The highest BCUT2D eigenvalue weighted by atomic mass is 35.5. The van der Waals surface area contributed by atoms with Crippen LogP contribution in [0.15, 0.2) is 36.5 Å². The van der Waals surface area contributed by atoms with E-state index < -0.39 is 0 Å². The maximum absolute atomic E-state index is 12.1. The Hall–Kier alpha value is -2.14. The van der Waals surface area contributed by atoms with E-state index >= 15 is 0 Å². The van der Waals surface area contributed by atoms with Crippen molar-refractivity contribution in [1.29, 1.82) is 0 Å². The molecule has 1 amide bonds. The molecule has 4 rings (SSSR count). The minimum Gasteiger partial charge on any atom is -0.335 e. The first-order valence-electron chi connectivity index (χ1n) is 7.83. The van der Waals surface area contributed by atoms with E-state index in [1.165, 1.54) is 12.8 Å². The van der Waals surface area contributed by atoms with E-state index in [2.05, 4.69) is 10.3 Å². The van der Waals surface area contributed by atoms with E-state index in [1.54, 1.807) is 6.08 Å². The predicted octanol–water partition coefficient (Wildman–Crippen LogP) is 2.91. The Labute approximate surface area is 139 Å². The maximum Gasteiger partial charge on any atom is 0.246 e. The molecule has 0 N–H and O–H groups in total. The van der Waals surface area contributed by atoms with Gasteiger partial charge in [-0.15, -0.1) is 5.10 Å². The molecule has 2 aromatic rings. The summed E-state index contributed by atoms with van der Waals surface area (Å²) in [7, 11) is 0. The number of nitrogens with zero attached hydrogens (tertiary/aromatic N) is 4. The van der Waals surface area contributed by atoms with Gasteiger partial charge in [0, 0.05) is 36.3 Å². The van der Waals surface area contributed by atoms with Crippen molar-refractivity contribution in [1.82, 2.24) is 19.9 Å². The van der Waals surface area contributed by atoms with Crippen molar-refractivity contribution in [2.24, 2.45) is 0 Å². The Kier molecular flexibility index (Phi) is 3.65. The van der Waals surface area contributed by atoms with Gasteiger partial charge in [-0.05, 0) is 36.6 Å². The summed E-state index contributed by atoms with van der Waals surface area (Å²) in [5.74, 6) is 0.641. The summed E-state index contributed by atoms with van der Waals surface area (Å²) in [5.41, 5.74) is 2.06. The summed E-state index contributed by atoms with van der Waals surface area (Å²) in [6.07, 6.45) is 7.91. The van der Waals surface area contributed by atoms with Crippen molar-refractivity contribution in [3.63, 3.8) is 0 Å². The summed E-state index contributed by atoms with van der Waals surface area (Å²) in [4.78, 5) is 13.9. The second-order valence-electron chi connectivity index (χ2n) is 6.18. The lowest BCUT2D eigenvalue weighted by atomic mass is 10.1. The Balaban J connectivity index is 1.31. The van der Waals surface area contributed by atoms with Crippen LogP contribution in [-0.2, 0) is 4.79 Å². The number of aromatic nitrogens is 3. The van der Waals surface area contributed by atoms with Gasteiger partial charge in [-0.3, -0.25) is 4.79 Å². The SMILES string of the molecule is O=C(/C=C/c1ccc(Cl)cc1)N1CC(n2cc(C3CC3)nn2)C1. The Morgan fingerprint density at radius 3 is 2.65 bits per heavy atom. The number of likely N-dealkylation sites (tertiary alicyclic amines) is 1. The van der Waals surface area contributed by atoms with Crippen LogP contribution in [0.25, 0.3) is 6.08 Å². The minimum atomic E-state index is 0.0266. The third kappa shape index (κ3) is 3.15. The zero-order chi connectivity index (χ0) is 15.8. The van der Waals surface area contributed by atoms with Gasteiger partial charge in [0.05, 0.1) is 11.7 Å². The standard InChI is InChI=1S/C17H17ClN4O/c18-14-6-1-12(2-7-14)3-8-17(23)21-9-15(10-21)22-11-16(19-20-22)13-4-5-13/h1-3,6-8,11,13,15H,4-5,9-10H2/b8-3+. The zero-order valence-electron chi connectivity index (χ0n) is 12.6. The van der Waals surface area contributed by atoms with Gasteiger partial charge in [0.1, 0.15) is 0 Å². The van der Waals surface area contributed by atoms with E-state index in [1.807, 2.05) is 46.1 Å². The summed E-state index contributed by atoms with van der Waals surface area (Å²) >= 11 is 5.84. The van der Waals surface area contributed by atoms with Crippen molar-refractivity contribution >= 4 is 23.6 Å². The fourth-order valence-electron chi connectivity index (χ4n) is 2.68. The molecule has 1 saturated carbocycles. The molecule has 23 heavy (non-hydrogen) atoms. The average Bonchev–Trinajstić information content (AvgIpc) is 3.25. The summed E-state index contributed by atoms with van der Waals surface area (Å²) < 4.78 is 1.90.